The molecule has 0 spiro atoms. The number of nitrogens with two attached hydrogens (primary N) is 2. The van der Waals surface area contributed by atoms with Crippen molar-refractivity contribution in [3.05, 3.63) is 68.8 Å². The van der Waals surface area contributed by atoms with Crippen LogP contribution in [0.4, 0.5) is 0 Å². The maximum Gasteiger partial charge on any atom is 0.325 e. The van der Waals surface area contributed by atoms with Crippen LogP contribution in [0.15, 0.2) is 24.3 Å². The number of benzene rings is 2. The summed E-state index contributed by atoms with van der Waals surface area (Å²) in [7, 11) is -0.126. The van der Waals surface area contributed by atoms with Crippen molar-refractivity contribution in [2.24, 2.45) is 23.0 Å². The molecular formula is C28H46N4O3P+. The summed E-state index contributed by atoms with van der Waals surface area (Å²) in [6.45, 7) is 20.5. The van der Waals surface area contributed by atoms with Gasteiger partial charge in [-0.2, -0.15) is 0 Å². The molecule has 200 valence electrons. The molecule has 0 fully saturated rings. The second-order valence-corrected chi connectivity index (χ2v) is 11.4. The van der Waals surface area contributed by atoms with Crippen LogP contribution in [-0.4, -0.2) is 18.0 Å². The van der Waals surface area contributed by atoms with Crippen LogP contribution in [0.1, 0.15) is 88.2 Å². The first kappa shape index (κ1) is 33.4. The highest BCUT2D eigenvalue weighted by molar-refractivity contribution is 7.23. The van der Waals surface area contributed by atoms with Crippen molar-refractivity contribution in [2.45, 2.75) is 75.7 Å². The maximum atomic E-state index is 11.3. The molecule has 2 aromatic rings. The molecule has 2 unspecified atom stereocenters. The molecule has 0 aliphatic carbocycles. The van der Waals surface area contributed by atoms with Crippen LogP contribution in [0.3, 0.4) is 0 Å². The van der Waals surface area contributed by atoms with Crippen LogP contribution in [-0.2, 0) is 4.57 Å². The van der Waals surface area contributed by atoms with Crippen molar-refractivity contribution in [3.63, 3.8) is 0 Å². The Balaban J connectivity index is 0.000000517. The molecule has 0 aromatic heterocycles. The Morgan fingerprint density at radius 1 is 0.778 bits per heavy atom. The van der Waals surface area contributed by atoms with Gasteiger partial charge in [-0.25, -0.2) is 11.7 Å². The first-order valence-electron chi connectivity index (χ1n) is 12.1. The van der Waals surface area contributed by atoms with E-state index in [-0.39, 0.29) is 20.3 Å². The van der Waals surface area contributed by atoms with Crippen LogP contribution in [0, 0.1) is 52.9 Å². The van der Waals surface area contributed by atoms with E-state index >= 15 is 0 Å². The zero-order valence-electron chi connectivity index (χ0n) is 23.7. The van der Waals surface area contributed by atoms with E-state index in [2.05, 4.69) is 38.5 Å². The van der Waals surface area contributed by atoms with Crippen molar-refractivity contribution < 1.29 is 14.2 Å². The molecule has 2 aromatic carbocycles. The van der Waals surface area contributed by atoms with Gasteiger partial charge in [0.05, 0.1) is 0 Å². The van der Waals surface area contributed by atoms with Crippen molar-refractivity contribution >= 4 is 20.3 Å². The summed E-state index contributed by atoms with van der Waals surface area (Å²) in [5.74, 6) is 10.3. The Hall–Kier alpha value is -2.60. The lowest BCUT2D eigenvalue weighted by molar-refractivity contribution is 0.0944. The van der Waals surface area contributed by atoms with Crippen LogP contribution >= 0.6 is 8.46 Å². The molecular weight excluding hydrogens is 471 g/mol. The quantitative estimate of drug-likeness (QED) is 0.180. The number of carbonyl (C=O) groups excluding carboxylic acids is 2. The number of nitrogens with one attached hydrogen (secondary N) is 2. The summed E-state index contributed by atoms with van der Waals surface area (Å²) < 4.78 is 10.3. The fourth-order valence-corrected chi connectivity index (χ4v) is 4.91. The Morgan fingerprint density at radius 3 is 1.31 bits per heavy atom. The number of amides is 2. The van der Waals surface area contributed by atoms with Gasteiger partial charge in [-0.1, -0.05) is 67.7 Å². The van der Waals surface area contributed by atoms with Gasteiger partial charge in [0.1, 0.15) is 6.16 Å². The lowest BCUT2D eigenvalue weighted by atomic mass is 9.86. The molecule has 6 N–H and O–H groups in total. The number of hydrazine groups is 2. The van der Waals surface area contributed by atoms with E-state index in [1.54, 1.807) is 0 Å². The van der Waals surface area contributed by atoms with E-state index in [4.69, 9.17) is 11.7 Å². The molecule has 0 saturated carbocycles. The van der Waals surface area contributed by atoms with Gasteiger partial charge >= 0.3 is 8.46 Å². The normalized spacial score (nSPS) is 11.4. The van der Waals surface area contributed by atoms with Crippen LogP contribution < -0.4 is 22.5 Å². The van der Waals surface area contributed by atoms with Gasteiger partial charge in [0.2, 0.25) is 0 Å². The lowest BCUT2D eigenvalue weighted by Gasteiger charge is -2.20. The first-order valence-corrected chi connectivity index (χ1v) is 13.2. The Morgan fingerprint density at radius 2 is 1.08 bits per heavy atom. The number of carbonyl (C=O) groups is 2. The van der Waals surface area contributed by atoms with Crippen molar-refractivity contribution in [2.75, 3.05) is 6.16 Å². The summed E-state index contributed by atoms with van der Waals surface area (Å²) in [5.41, 5.74) is 12.2. The smallest absolute Gasteiger partial charge is 0.290 e. The summed E-state index contributed by atoms with van der Waals surface area (Å²) in [6, 6.07) is 7.88. The SMILES string of the molecule is CC(C[PH+]=O)CC(C)(C)C.Cc1cc(C)c(C(=O)NN)c(C)c1.Cc1cc(C)c(C(=O)NN)c(C)c1. The van der Waals surface area contributed by atoms with Gasteiger partial charge in [-0.3, -0.25) is 20.4 Å². The zero-order valence-corrected chi connectivity index (χ0v) is 24.7. The Bertz CT molecular complexity index is 930. The van der Waals surface area contributed by atoms with E-state index in [0.29, 0.717) is 22.5 Å². The molecule has 0 radical (unpaired) electrons. The van der Waals surface area contributed by atoms with Crippen molar-refractivity contribution in [3.8, 4) is 0 Å². The Labute approximate surface area is 219 Å². The molecule has 0 heterocycles. The van der Waals surface area contributed by atoms with Crippen LogP contribution in [0.2, 0.25) is 0 Å². The average Bonchev–Trinajstić information content (AvgIpc) is 2.71. The highest BCUT2D eigenvalue weighted by Crippen LogP contribution is 2.25. The van der Waals surface area contributed by atoms with Crippen molar-refractivity contribution in [1.29, 1.82) is 0 Å². The minimum Gasteiger partial charge on any atom is -0.290 e. The molecule has 0 bridgehead atoms. The number of hydrogen-bond donors (Lipinski definition) is 4. The lowest BCUT2D eigenvalue weighted by Crippen LogP contribution is -2.31. The third kappa shape index (κ3) is 11.9. The average molecular weight is 518 g/mol. The van der Waals surface area contributed by atoms with Gasteiger partial charge in [0, 0.05) is 17.0 Å². The van der Waals surface area contributed by atoms with Gasteiger partial charge < -0.3 is 0 Å². The number of hydrogen-bond acceptors (Lipinski definition) is 5. The fourth-order valence-electron chi connectivity index (χ4n) is 4.48. The third-order valence-electron chi connectivity index (χ3n) is 5.46. The monoisotopic (exact) mass is 517 g/mol. The van der Waals surface area contributed by atoms with E-state index in [1.807, 2.05) is 65.8 Å². The molecule has 0 aliphatic rings. The highest BCUT2D eigenvalue weighted by Gasteiger charge is 2.17. The minimum absolute atomic E-state index is 0.126. The fraction of sp³-hybridized carbons (Fsp3) is 0.500. The van der Waals surface area contributed by atoms with Gasteiger partial charge in [0.25, 0.3) is 11.8 Å². The van der Waals surface area contributed by atoms with Gasteiger partial charge in [0.15, 0.2) is 0 Å². The molecule has 0 saturated heterocycles. The van der Waals surface area contributed by atoms with Crippen LogP contribution in [0.25, 0.3) is 0 Å². The zero-order chi connectivity index (χ0) is 28.2. The highest BCUT2D eigenvalue weighted by atomic mass is 31.1. The molecule has 0 aliphatic heterocycles. The predicted molar refractivity (Wildman–Crippen MR) is 152 cm³/mol. The van der Waals surface area contributed by atoms with Gasteiger partial charge in [-0.15, -0.1) is 0 Å². The molecule has 7 nitrogen and oxygen atoms in total. The first-order chi connectivity index (χ1) is 16.6. The number of aryl methyl sites for hydroxylation is 6. The molecule has 2 amide bonds. The summed E-state index contributed by atoms with van der Waals surface area (Å²) in [6.07, 6.45) is 2.03. The summed E-state index contributed by atoms with van der Waals surface area (Å²) >= 11 is 0. The molecule has 2 rings (SSSR count). The number of nitrogen functional groups attached to an aromatic ring is 2. The second-order valence-electron chi connectivity index (χ2n) is 10.7. The standard InChI is InChI=1S/2C10H14N2O.C8H17OP/c2*1-6-4-7(2)9(8(3)5-6)10(13)12-11;1-7(6-10-9)5-8(2,3)4/h2*4-5H,11H2,1-3H3,(H,12,13);7H,5-6H2,1-4H3/p+1. The van der Waals surface area contributed by atoms with Gasteiger partial charge in [-0.05, 0) is 75.6 Å². The second kappa shape index (κ2) is 15.5. The van der Waals surface area contributed by atoms with E-state index in [1.165, 1.54) is 6.42 Å². The van der Waals surface area contributed by atoms with E-state index in [0.717, 1.165) is 39.5 Å². The van der Waals surface area contributed by atoms with Crippen LogP contribution in [0.5, 0.6) is 0 Å². The predicted octanol–water partition coefficient (Wildman–Crippen LogP) is 5.51. The summed E-state index contributed by atoms with van der Waals surface area (Å²) in [4.78, 5) is 22.7. The third-order valence-corrected chi connectivity index (χ3v) is 6.33. The largest absolute Gasteiger partial charge is 0.325 e. The minimum atomic E-state index is -0.227. The van der Waals surface area contributed by atoms with E-state index < -0.39 is 0 Å². The van der Waals surface area contributed by atoms with Crippen molar-refractivity contribution in [1.82, 2.24) is 10.9 Å². The molecule has 2 atom stereocenters. The van der Waals surface area contributed by atoms with E-state index in [9.17, 15) is 14.2 Å². The molecule has 36 heavy (non-hydrogen) atoms. The number of rotatable bonds is 5. The topological polar surface area (TPSA) is 127 Å². The molecule has 8 heteroatoms. The Kier molecular flexibility index (Phi) is 14.4. The summed E-state index contributed by atoms with van der Waals surface area (Å²) in [5, 5.41) is 0. The maximum absolute atomic E-state index is 11.3.